The van der Waals surface area contributed by atoms with E-state index < -0.39 is 11.9 Å². The smallest absolute Gasteiger partial charge is 0.417 e. The van der Waals surface area contributed by atoms with Gasteiger partial charge < -0.3 is 14.5 Å². The molecule has 1 heterocycles. The molecular weight excluding hydrogens is 332 g/mol. The van der Waals surface area contributed by atoms with Gasteiger partial charge in [0.25, 0.3) is 5.91 Å². The first-order valence-electron chi connectivity index (χ1n) is 8.43. The fraction of sp³-hybridized carbons (Fsp3) is 0.300. The average Bonchev–Trinajstić information content (AvgIpc) is 2.93. The van der Waals surface area contributed by atoms with E-state index in [0.29, 0.717) is 22.5 Å². The number of benzene rings is 2. The summed E-state index contributed by atoms with van der Waals surface area (Å²) in [7, 11) is 0. The standard InChI is InChI=1S/C20H22N2O4/c1-12(25-15-8-5-13(6-9-15)20(2,3)4)18(23)21-14-7-10-17-16(11-14)22-19(24)26-17/h5-12H,1-4H3,(H,21,23)(H,22,24). The van der Waals surface area contributed by atoms with Crippen LogP contribution >= 0.6 is 0 Å². The summed E-state index contributed by atoms with van der Waals surface area (Å²) in [5.41, 5.74) is 2.78. The third kappa shape index (κ3) is 3.96. The number of aromatic nitrogens is 1. The number of carbonyl (C=O) groups is 1. The summed E-state index contributed by atoms with van der Waals surface area (Å²) in [4.78, 5) is 26.1. The highest BCUT2D eigenvalue weighted by atomic mass is 16.5. The van der Waals surface area contributed by atoms with Gasteiger partial charge in [-0.1, -0.05) is 32.9 Å². The predicted octanol–water partition coefficient (Wildman–Crippen LogP) is 3.82. The third-order valence-corrected chi connectivity index (χ3v) is 4.09. The van der Waals surface area contributed by atoms with Gasteiger partial charge in [0.05, 0.1) is 5.52 Å². The molecule has 0 saturated carbocycles. The van der Waals surface area contributed by atoms with Crippen LogP contribution in [0.5, 0.6) is 5.75 Å². The van der Waals surface area contributed by atoms with Crippen LogP contribution in [0.2, 0.25) is 0 Å². The zero-order chi connectivity index (χ0) is 18.9. The second-order valence-electron chi connectivity index (χ2n) is 7.25. The number of anilines is 1. The van der Waals surface area contributed by atoms with E-state index in [9.17, 15) is 9.59 Å². The van der Waals surface area contributed by atoms with Crippen molar-refractivity contribution in [2.24, 2.45) is 0 Å². The number of ether oxygens (including phenoxy) is 1. The lowest BCUT2D eigenvalue weighted by molar-refractivity contribution is -0.122. The van der Waals surface area contributed by atoms with Crippen molar-refractivity contribution < 1.29 is 13.9 Å². The van der Waals surface area contributed by atoms with Gasteiger partial charge in [0.1, 0.15) is 5.75 Å². The minimum atomic E-state index is -0.672. The van der Waals surface area contributed by atoms with Crippen LogP contribution in [0.3, 0.4) is 0 Å². The summed E-state index contributed by atoms with van der Waals surface area (Å²) in [6.45, 7) is 8.11. The molecule has 2 aromatic carbocycles. The van der Waals surface area contributed by atoms with Crippen LogP contribution in [-0.2, 0) is 10.2 Å². The Morgan fingerprint density at radius 3 is 2.50 bits per heavy atom. The molecule has 6 nitrogen and oxygen atoms in total. The molecule has 0 radical (unpaired) electrons. The molecule has 2 N–H and O–H groups in total. The van der Waals surface area contributed by atoms with Crippen LogP contribution < -0.4 is 15.8 Å². The van der Waals surface area contributed by atoms with Gasteiger partial charge in [0.15, 0.2) is 11.7 Å². The van der Waals surface area contributed by atoms with Gasteiger partial charge in [-0.05, 0) is 48.2 Å². The van der Waals surface area contributed by atoms with Gasteiger partial charge in [-0.2, -0.15) is 0 Å². The van der Waals surface area contributed by atoms with Crippen molar-refractivity contribution in [3.63, 3.8) is 0 Å². The number of H-pyrrole nitrogens is 1. The molecule has 0 aliphatic carbocycles. The summed E-state index contributed by atoms with van der Waals surface area (Å²) in [5.74, 6) is -0.177. The molecule has 0 saturated heterocycles. The lowest BCUT2D eigenvalue weighted by atomic mass is 9.87. The summed E-state index contributed by atoms with van der Waals surface area (Å²) in [6, 6.07) is 12.7. The predicted molar refractivity (Wildman–Crippen MR) is 101 cm³/mol. The van der Waals surface area contributed by atoms with E-state index in [2.05, 4.69) is 31.1 Å². The Balaban J connectivity index is 1.66. The molecule has 0 aliphatic rings. The van der Waals surface area contributed by atoms with Crippen LogP contribution in [0.4, 0.5) is 5.69 Å². The highest BCUT2D eigenvalue weighted by molar-refractivity contribution is 5.95. The van der Waals surface area contributed by atoms with Crippen LogP contribution in [0, 0.1) is 0 Å². The highest BCUT2D eigenvalue weighted by Crippen LogP contribution is 2.25. The number of oxazole rings is 1. The largest absolute Gasteiger partial charge is 0.481 e. The third-order valence-electron chi connectivity index (χ3n) is 4.09. The molecule has 0 spiro atoms. The Morgan fingerprint density at radius 2 is 1.85 bits per heavy atom. The van der Waals surface area contributed by atoms with Gasteiger partial charge in [0, 0.05) is 5.69 Å². The Labute approximate surface area is 151 Å². The number of carbonyl (C=O) groups excluding carboxylic acids is 1. The number of rotatable bonds is 4. The van der Waals surface area contributed by atoms with E-state index in [4.69, 9.17) is 9.15 Å². The van der Waals surface area contributed by atoms with Crippen LogP contribution in [-0.4, -0.2) is 17.0 Å². The number of hydrogen-bond acceptors (Lipinski definition) is 4. The second kappa shape index (κ2) is 6.71. The highest BCUT2D eigenvalue weighted by Gasteiger charge is 2.17. The number of amides is 1. The van der Waals surface area contributed by atoms with E-state index in [1.165, 1.54) is 5.56 Å². The molecule has 0 fully saturated rings. The van der Waals surface area contributed by atoms with Crippen LogP contribution in [0.1, 0.15) is 33.3 Å². The van der Waals surface area contributed by atoms with E-state index in [0.717, 1.165) is 0 Å². The average molecular weight is 354 g/mol. The minimum Gasteiger partial charge on any atom is -0.481 e. The lowest BCUT2D eigenvalue weighted by Gasteiger charge is -2.20. The van der Waals surface area contributed by atoms with Gasteiger partial charge in [-0.15, -0.1) is 0 Å². The van der Waals surface area contributed by atoms with Gasteiger partial charge in [-0.3, -0.25) is 9.78 Å². The first-order valence-corrected chi connectivity index (χ1v) is 8.43. The van der Waals surface area contributed by atoms with Gasteiger partial charge in [0.2, 0.25) is 0 Å². The molecule has 26 heavy (non-hydrogen) atoms. The fourth-order valence-electron chi connectivity index (χ4n) is 2.56. The maximum absolute atomic E-state index is 12.4. The van der Waals surface area contributed by atoms with E-state index in [1.807, 2.05) is 24.3 Å². The minimum absolute atomic E-state index is 0.0637. The quantitative estimate of drug-likeness (QED) is 0.746. The van der Waals surface area contributed by atoms with Crippen molar-refractivity contribution in [2.45, 2.75) is 39.2 Å². The van der Waals surface area contributed by atoms with Crippen molar-refractivity contribution in [3.8, 4) is 5.75 Å². The summed E-state index contributed by atoms with van der Waals surface area (Å²) < 4.78 is 10.7. The van der Waals surface area contributed by atoms with Crippen molar-refractivity contribution in [1.82, 2.24) is 4.98 Å². The van der Waals surface area contributed by atoms with E-state index in [1.54, 1.807) is 25.1 Å². The van der Waals surface area contributed by atoms with Crippen molar-refractivity contribution in [2.75, 3.05) is 5.32 Å². The van der Waals surface area contributed by atoms with Crippen LogP contribution in [0.15, 0.2) is 51.7 Å². The van der Waals surface area contributed by atoms with E-state index in [-0.39, 0.29) is 11.3 Å². The Kier molecular flexibility index (Phi) is 4.59. The number of nitrogens with one attached hydrogen (secondary N) is 2. The monoisotopic (exact) mass is 354 g/mol. The molecule has 1 amide bonds. The van der Waals surface area contributed by atoms with Gasteiger partial charge >= 0.3 is 5.76 Å². The van der Waals surface area contributed by atoms with E-state index >= 15 is 0 Å². The normalized spacial score (nSPS) is 12.8. The Morgan fingerprint density at radius 1 is 1.15 bits per heavy atom. The number of aromatic amines is 1. The van der Waals surface area contributed by atoms with Gasteiger partial charge in [-0.25, -0.2) is 4.79 Å². The molecule has 136 valence electrons. The molecule has 0 bridgehead atoms. The van der Waals surface area contributed by atoms with Crippen molar-refractivity contribution in [3.05, 3.63) is 58.6 Å². The molecular formula is C20H22N2O4. The van der Waals surface area contributed by atoms with Crippen molar-refractivity contribution >= 4 is 22.7 Å². The lowest BCUT2D eigenvalue weighted by Crippen LogP contribution is -2.30. The zero-order valence-corrected chi connectivity index (χ0v) is 15.3. The number of fused-ring (bicyclic) bond motifs is 1. The molecule has 3 rings (SSSR count). The molecule has 6 heteroatoms. The molecule has 1 aromatic heterocycles. The van der Waals surface area contributed by atoms with Crippen molar-refractivity contribution in [1.29, 1.82) is 0 Å². The first kappa shape index (κ1) is 17.8. The molecule has 1 unspecified atom stereocenters. The SMILES string of the molecule is CC(Oc1ccc(C(C)(C)C)cc1)C(=O)Nc1ccc2oc(=O)[nH]c2c1. The maximum Gasteiger partial charge on any atom is 0.417 e. The zero-order valence-electron chi connectivity index (χ0n) is 15.3. The van der Waals surface area contributed by atoms with Crippen LogP contribution in [0.25, 0.3) is 11.1 Å². The maximum atomic E-state index is 12.4. The topological polar surface area (TPSA) is 84.3 Å². The summed E-state index contributed by atoms with van der Waals surface area (Å²) >= 11 is 0. The summed E-state index contributed by atoms with van der Waals surface area (Å²) in [6.07, 6.45) is -0.672. The Bertz CT molecular complexity index is 977. The molecule has 3 aromatic rings. The Hall–Kier alpha value is -3.02. The first-order chi connectivity index (χ1) is 12.2. The number of hydrogen-bond donors (Lipinski definition) is 2. The molecule has 0 aliphatic heterocycles. The fourth-order valence-corrected chi connectivity index (χ4v) is 2.56. The molecule has 1 atom stereocenters. The second-order valence-corrected chi connectivity index (χ2v) is 7.25. The summed E-state index contributed by atoms with van der Waals surface area (Å²) in [5, 5.41) is 2.77.